The topological polar surface area (TPSA) is 66.9 Å². The van der Waals surface area contributed by atoms with Crippen LogP contribution in [0.3, 0.4) is 0 Å². The Morgan fingerprint density at radius 3 is 2.77 bits per heavy atom. The lowest BCUT2D eigenvalue weighted by atomic mass is 10.1. The lowest BCUT2D eigenvalue weighted by Crippen LogP contribution is -2.26. The number of carbonyl (C=O) groups excluding carboxylic acids is 1. The second kappa shape index (κ2) is 8.40. The predicted octanol–water partition coefficient (Wildman–Crippen LogP) is 3.99. The summed E-state index contributed by atoms with van der Waals surface area (Å²) in [7, 11) is 0. The highest BCUT2D eigenvalue weighted by Crippen LogP contribution is 2.16. The number of aromatic nitrogens is 2. The van der Waals surface area contributed by atoms with Gasteiger partial charge in [0.2, 0.25) is 5.95 Å². The minimum absolute atomic E-state index is 0.151. The zero-order chi connectivity index (χ0) is 18.4. The van der Waals surface area contributed by atoms with Crippen molar-refractivity contribution in [2.24, 2.45) is 0 Å². The first kappa shape index (κ1) is 17.8. The summed E-state index contributed by atoms with van der Waals surface area (Å²) in [6, 6.07) is 15.1. The fourth-order valence-corrected chi connectivity index (χ4v) is 2.54. The molecular weight excluding hydrogens is 355 g/mol. The molecular formula is C19H16ClFN4O. The Bertz CT molecular complexity index is 919. The molecule has 1 aromatic heterocycles. The first-order valence-corrected chi connectivity index (χ1v) is 8.37. The average Bonchev–Trinajstić information content (AvgIpc) is 2.64. The fraction of sp³-hybridized carbons (Fsp3) is 0.105. The average molecular weight is 371 g/mol. The summed E-state index contributed by atoms with van der Waals surface area (Å²) in [5.74, 6) is -0.601. The van der Waals surface area contributed by atoms with E-state index >= 15 is 0 Å². The van der Waals surface area contributed by atoms with Gasteiger partial charge >= 0.3 is 0 Å². The molecule has 7 heteroatoms. The van der Waals surface area contributed by atoms with Crippen LogP contribution in [0.4, 0.5) is 16.0 Å². The van der Waals surface area contributed by atoms with Gasteiger partial charge in [0.15, 0.2) is 0 Å². The highest BCUT2D eigenvalue weighted by atomic mass is 35.5. The molecule has 0 fully saturated rings. The maximum Gasteiger partial charge on any atom is 0.270 e. The number of carbonyl (C=O) groups is 1. The van der Waals surface area contributed by atoms with Gasteiger partial charge in [-0.3, -0.25) is 4.79 Å². The maximum atomic E-state index is 13.7. The normalized spacial score (nSPS) is 10.4. The van der Waals surface area contributed by atoms with E-state index in [9.17, 15) is 9.18 Å². The Morgan fingerprint density at radius 1 is 1.12 bits per heavy atom. The number of anilines is 2. The zero-order valence-electron chi connectivity index (χ0n) is 13.7. The van der Waals surface area contributed by atoms with Crippen molar-refractivity contribution in [3.05, 3.63) is 82.9 Å². The van der Waals surface area contributed by atoms with E-state index in [1.807, 2.05) is 18.2 Å². The summed E-state index contributed by atoms with van der Waals surface area (Å²) in [5.41, 5.74) is 1.47. The Labute approximate surface area is 155 Å². The molecule has 2 aromatic carbocycles. The number of hydrogen-bond donors (Lipinski definition) is 2. The summed E-state index contributed by atoms with van der Waals surface area (Å²) >= 11 is 5.94. The van der Waals surface area contributed by atoms with Gasteiger partial charge in [0.1, 0.15) is 11.5 Å². The van der Waals surface area contributed by atoms with E-state index < -0.39 is 5.82 Å². The van der Waals surface area contributed by atoms with E-state index in [1.54, 1.807) is 24.3 Å². The van der Waals surface area contributed by atoms with Gasteiger partial charge in [-0.25, -0.2) is 14.4 Å². The van der Waals surface area contributed by atoms with Gasteiger partial charge in [-0.15, -0.1) is 0 Å². The fourth-order valence-electron chi connectivity index (χ4n) is 2.33. The summed E-state index contributed by atoms with van der Waals surface area (Å²) in [5, 5.41) is 6.22. The van der Waals surface area contributed by atoms with Crippen LogP contribution in [0.5, 0.6) is 0 Å². The third-order valence-electron chi connectivity index (χ3n) is 3.60. The van der Waals surface area contributed by atoms with Crippen LogP contribution in [0.15, 0.2) is 60.8 Å². The quantitative estimate of drug-likeness (QED) is 0.688. The summed E-state index contributed by atoms with van der Waals surface area (Å²) < 4.78 is 13.7. The standard InChI is InChI=1S/C19H16ClFN4O/c20-14-5-3-4-13(12-14)8-10-22-18(26)17-9-11-23-19(25-17)24-16-7-2-1-6-15(16)21/h1-7,9,11-12H,8,10H2,(H,22,26)(H,23,24,25). The van der Waals surface area contributed by atoms with Crippen molar-refractivity contribution in [1.82, 2.24) is 15.3 Å². The molecule has 0 saturated carbocycles. The number of hydrogen-bond acceptors (Lipinski definition) is 4. The van der Waals surface area contributed by atoms with Crippen molar-refractivity contribution in [3.63, 3.8) is 0 Å². The van der Waals surface area contributed by atoms with Gasteiger partial charge in [-0.2, -0.15) is 0 Å². The molecule has 1 heterocycles. The minimum Gasteiger partial charge on any atom is -0.350 e. The largest absolute Gasteiger partial charge is 0.350 e. The highest BCUT2D eigenvalue weighted by Gasteiger charge is 2.09. The Hall–Kier alpha value is -2.99. The summed E-state index contributed by atoms with van der Waals surface area (Å²) in [6.45, 7) is 0.444. The van der Waals surface area contributed by atoms with E-state index in [0.29, 0.717) is 18.0 Å². The van der Waals surface area contributed by atoms with Gasteiger partial charge in [0.25, 0.3) is 5.91 Å². The number of nitrogens with one attached hydrogen (secondary N) is 2. The van der Waals surface area contributed by atoms with Gasteiger partial charge in [-0.05, 0) is 42.3 Å². The zero-order valence-corrected chi connectivity index (χ0v) is 14.5. The van der Waals surface area contributed by atoms with E-state index in [4.69, 9.17) is 11.6 Å². The second-order valence-electron chi connectivity index (χ2n) is 5.51. The molecule has 0 saturated heterocycles. The van der Waals surface area contributed by atoms with Crippen LogP contribution in [-0.4, -0.2) is 22.4 Å². The molecule has 0 atom stereocenters. The Balaban J connectivity index is 1.60. The highest BCUT2D eigenvalue weighted by molar-refractivity contribution is 6.30. The second-order valence-corrected chi connectivity index (χ2v) is 5.94. The molecule has 2 N–H and O–H groups in total. The Kier molecular flexibility index (Phi) is 5.76. The molecule has 0 unspecified atom stereocenters. The first-order valence-electron chi connectivity index (χ1n) is 7.99. The third kappa shape index (κ3) is 4.77. The van der Waals surface area contributed by atoms with Crippen LogP contribution < -0.4 is 10.6 Å². The number of nitrogens with zero attached hydrogens (tertiary/aromatic N) is 2. The molecule has 1 amide bonds. The minimum atomic E-state index is -0.424. The van der Waals surface area contributed by atoms with Crippen molar-refractivity contribution in [2.45, 2.75) is 6.42 Å². The number of amides is 1. The predicted molar refractivity (Wildman–Crippen MR) is 99.2 cm³/mol. The van der Waals surface area contributed by atoms with Crippen molar-refractivity contribution < 1.29 is 9.18 Å². The van der Waals surface area contributed by atoms with Crippen LogP contribution in [0.2, 0.25) is 5.02 Å². The van der Waals surface area contributed by atoms with E-state index in [2.05, 4.69) is 20.6 Å². The number of halogens is 2. The van der Waals surface area contributed by atoms with Gasteiger partial charge in [0, 0.05) is 17.8 Å². The molecule has 0 bridgehead atoms. The Morgan fingerprint density at radius 2 is 1.96 bits per heavy atom. The van der Waals surface area contributed by atoms with Crippen molar-refractivity contribution >= 4 is 29.1 Å². The molecule has 0 aliphatic rings. The number of rotatable bonds is 6. The molecule has 3 aromatic rings. The maximum absolute atomic E-state index is 13.7. The SMILES string of the molecule is O=C(NCCc1cccc(Cl)c1)c1ccnc(Nc2ccccc2F)n1. The molecule has 26 heavy (non-hydrogen) atoms. The number of benzene rings is 2. The third-order valence-corrected chi connectivity index (χ3v) is 3.83. The van der Waals surface area contributed by atoms with Crippen LogP contribution in [0.25, 0.3) is 0 Å². The molecule has 0 aliphatic carbocycles. The van der Waals surface area contributed by atoms with Gasteiger partial charge in [-0.1, -0.05) is 35.9 Å². The monoisotopic (exact) mass is 370 g/mol. The summed E-state index contributed by atoms with van der Waals surface area (Å²) in [6.07, 6.45) is 2.10. The number of para-hydroxylation sites is 1. The lowest BCUT2D eigenvalue weighted by Gasteiger charge is -2.08. The van der Waals surface area contributed by atoms with Crippen LogP contribution in [0, 0.1) is 5.82 Å². The molecule has 5 nitrogen and oxygen atoms in total. The lowest BCUT2D eigenvalue weighted by molar-refractivity contribution is 0.0949. The van der Waals surface area contributed by atoms with Crippen molar-refractivity contribution in [1.29, 1.82) is 0 Å². The van der Waals surface area contributed by atoms with E-state index in [1.165, 1.54) is 18.3 Å². The first-order chi connectivity index (χ1) is 12.6. The molecule has 132 valence electrons. The van der Waals surface area contributed by atoms with Crippen molar-refractivity contribution in [3.8, 4) is 0 Å². The van der Waals surface area contributed by atoms with E-state index in [-0.39, 0.29) is 23.2 Å². The van der Waals surface area contributed by atoms with E-state index in [0.717, 1.165) is 5.56 Å². The van der Waals surface area contributed by atoms with Gasteiger partial charge in [0.05, 0.1) is 5.69 Å². The van der Waals surface area contributed by atoms with Crippen LogP contribution in [-0.2, 0) is 6.42 Å². The smallest absolute Gasteiger partial charge is 0.270 e. The van der Waals surface area contributed by atoms with Gasteiger partial charge < -0.3 is 10.6 Å². The molecule has 0 spiro atoms. The molecule has 0 aliphatic heterocycles. The van der Waals surface area contributed by atoms with Crippen LogP contribution in [0.1, 0.15) is 16.1 Å². The van der Waals surface area contributed by atoms with Crippen LogP contribution >= 0.6 is 11.6 Å². The summed E-state index contributed by atoms with van der Waals surface area (Å²) in [4.78, 5) is 20.4. The molecule has 3 rings (SSSR count). The molecule has 0 radical (unpaired) electrons. The van der Waals surface area contributed by atoms with Crippen molar-refractivity contribution in [2.75, 3.05) is 11.9 Å².